The minimum atomic E-state index is 1.19. The zero-order chi connectivity index (χ0) is 23.6. The van der Waals surface area contributed by atoms with Crippen LogP contribution in [-0.4, -0.2) is 4.57 Å². The van der Waals surface area contributed by atoms with Gasteiger partial charge in [0.1, 0.15) is 0 Å². The van der Waals surface area contributed by atoms with Crippen LogP contribution in [0.2, 0.25) is 0 Å². The third-order valence-corrected chi connectivity index (χ3v) is 8.57. The Morgan fingerprint density at radius 1 is 0.472 bits per heavy atom. The van der Waals surface area contributed by atoms with Gasteiger partial charge in [0.25, 0.3) is 0 Å². The molecule has 1 nitrogen and oxygen atoms in total. The van der Waals surface area contributed by atoms with E-state index in [0.29, 0.717) is 0 Å². The fourth-order valence-corrected chi connectivity index (χ4v) is 7.06. The standard InChI is InChI=1S/C34H21NS/c1-3-11-22(12-4-1)23-19-20-30-28(21-23)32-31-27-17-9-10-18-29(27)35(24-13-5-2-6-14-24)33(31)25-15-7-8-16-26(25)34(32)36-30/h1-21H. The Balaban J connectivity index is 1.65. The number of rotatable bonds is 2. The molecular formula is C34H21NS. The van der Waals surface area contributed by atoms with E-state index in [1.165, 1.54) is 69.6 Å². The van der Waals surface area contributed by atoms with E-state index in [4.69, 9.17) is 0 Å². The van der Waals surface area contributed by atoms with Crippen molar-refractivity contribution in [3.05, 3.63) is 127 Å². The largest absolute Gasteiger partial charge is 0.309 e. The molecular weight excluding hydrogens is 454 g/mol. The van der Waals surface area contributed by atoms with Crippen LogP contribution in [0.1, 0.15) is 0 Å². The Bertz CT molecular complexity index is 2080. The first-order chi connectivity index (χ1) is 17.9. The van der Waals surface area contributed by atoms with Crippen LogP contribution in [0.5, 0.6) is 0 Å². The molecule has 2 heterocycles. The van der Waals surface area contributed by atoms with Gasteiger partial charge in [0.05, 0.1) is 11.0 Å². The molecule has 2 heteroatoms. The van der Waals surface area contributed by atoms with Gasteiger partial charge >= 0.3 is 0 Å². The van der Waals surface area contributed by atoms with Crippen LogP contribution >= 0.6 is 11.3 Å². The quantitative estimate of drug-likeness (QED) is 0.234. The highest BCUT2D eigenvalue weighted by Crippen LogP contribution is 2.48. The summed E-state index contributed by atoms with van der Waals surface area (Å²) in [6.45, 7) is 0. The van der Waals surface area contributed by atoms with E-state index in [2.05, 4.69) is 132 Å². The maximum atomic E-state index is 2.46. The lowest BCUT2D eigenvalue weighted by atomic mass is 9.98. The molecule has 8 rings (SSSR count). The highest BCUT2D eigenvalue weighted by molar-refractivity contribution is 7.27. The minimum absolute atomic E-state index is 1.19. The number of fused-ring (bicyclic) bond motifs is 10. The third-order valence-electron chi connectivity index (χ3n) is 7.36. The van der Waals surface area contributed by atoms with Gasteiger partial charge in [0.2, 0.25) is 0 Å². The number of benzene rings is 6. The molecule has 0 radical (unpaired) electrons. The highest BCUT2D eigenvalue weighted by atomic mass is 32.1. The summed E-state index contributed by atoms with van der Waals surface area (Å²) in [6, 6.07) is 46.2. The lowest BCUT2D eigenvalue weighted by Gasteiger charge is -2.10. The van der Waals surface area contributed by atoms with Crippen molar-refractivity contribution in [3.63, 3.8) is 0 Å². The van der Waals surface area contributed by atoms with E-state index in [1.807, 2.05) is 11.3 Å². The van der Waals surface area contributed by atoms with Gasteiger partial charge in [-0.2, -0.15) is 0 Å². The predicted molar refractivity (Wildman–Crippen MR) is 157 cm³/mol. The summed E-state index contributed by atoms with van der Waals surface area (Å²) in [5.74, 6) is 0. The van der Waals surface area contributed by atoms with Crippen molar-refractivity contribution in [2.24, 2.45) is 0 Å². The van der Waals surface area contributed by atoms with E-state index in [9.17, 15) is 0 Å². The second-order valence-electron chi connectivity index (χ2n) is 9.34. The topological polar surface area (TPSA) is 4.93 Å². The number of hydrogen-bond acceptors (Lipinski definition) is 1. The van der Waals surface area contributed by atoms with Gasteiger partial charge in [-0.05, 0) is 41.5 Å². The Labute approximate surface area is 212 Å². The molecule has 0 spiro atoms. The molecule has 0 unspecified atom stereocenters. The lowest BCUT2D eigenvalue weighted by Crippen LogP contribution is -1.93. The lowest BCUT2D eigenvalue weighted by molar-refractivity contribution is 1.19. The van der Waals surface area contributed by atoms with Crippen LogP contribution in [0.25, 0.3) is 69.6 Å². The van der Waals surface area contributed by atoms with Crippen molar-refractivity contribution >= 4 is 64.1 Å². The normalized spacial score (nSPS) is 11.9. The van der Waals surface area contributed by atoms with Crippen molar-refractivity contribution in [2.45, 2.75) is 0 Å². The van der Waals surface area contributed by atoms with Crippen molar-refractivity contribution in [1.29, 1.82) is 0 Å². The Kier molecular flexibility index (Phi) is 4.16. The molecule has 0 bridgehead atoms. The van der Waals surface area contributed by atoms with Crippen LogP contribution in [0, 0.1) is 0 Å². The number of aromatic nitrogens is 1. The SMILES string of the molecule is c1ccc(-c2ccc3sc4c5ccccc5c5c(c6ccccc6n5-c5ccccc5)c4c3c2)cc1. The van der Waals surface area contributed by atoms with E-state index in [-0.39, 0.29) is 0 Å². The fourth-order valence-electron chi connectivity index (χ4n) is 5.83. The molecule has 0 amide bonds. The molecule has 0 aliphatic rings. The zero-order valence-electron chi connectivity index (χ0n) is 19.5. The first-order valence-electron chi connectivity index (χ1n) is 12.3. The van der Waals surface area contributed by atoms with Gasteiger partial charge in [0, 0.05) is 47.4 Å². The summed E-state index contributed by atoms with van der Waals surface area (Å²) in [5, 5.41) is 7.98. The van der Waals surface area contributed by atoms with Gasteiger partial charge in [-0.15, -0.1) is 11.3 Å². The minimum Gasteiger partial charge on any atom is -0.309 e. The van der Waals surface area contributed by atoms with Gasteiger partial charge in [-0.3, -0.25) is 0 Å². The van der Waals surface area contributed by atoms with Crippen LogP contribution in [0.3, 0.4) is 0 Å². The van der Waals surface area contributed by atoms with E-state index < -0.39 is 0 Å². The van der Waals surface area contributed by atoms with E-state index >= 15 is 0 Å². The molecule has 0 saturated heterocycles. The van der Waals surface area contributed by atoms with E-state index in [0.717, 1.165) is 0 Å². The average Bonchev–Trinajstić information content (AvgIpc) is 3.50. The van der Waals surface area contributed by atoms with Crippen LogP contribution in [0.15, 0.2) is 127 Å². The molecule has 0 saturated carbocycles. The molecule has 6 aromatic carbocycles. The zero-order valence-corrected chi connectivity index (χ0v) is 20.3. The summed E-state index contributed by atoms with van der Waals surface area (Å²) in [5.41, 5.74) is 6.24. The second kappa shape index (κ2) is 7.55. The van der Waals surface area contributed by atoms with Crippen molar-refractivity contribution in [3.8, 4) is 16.8 Å². The smallest absolute Gasteiger partial charge is 0.0626 e. The Hall–Kier alpha value is -4.40. The predicted octanol–water partition coefficient (Wildman–Crippen LogP) is 9.97. The van der Waals surface area contributed by atoms with E-state index in [1.54, 1.807) is 0 Å². The van der Waals surface area contributed by atoms with Crippen molar-refractivity contribution in [1.82, 2.24) is 4.57 Å². The Morgan fingerprint density at radius 3 is 1.94 bits per heavy atom. The number of hydrogen-bond donors (Lipinski definition) is 0. The maximum absolute atomic E-state index is 2.46. The maximum Gasteiger partial charge on any atom is 0.0626 e. The van der Waals surface area contributed by atoms with Gasteiger partial charge in [-0.1, -0.05) is 97.1 Å². The van der Waals surface area contributed by atoms with Crippen LogP contribution in [0.4, 0.5) is 0 Å². The van der Waals surface area contributed by atoms with Crippen LogP contribution in [-0.2, 0) is 0 Å². The molecule has 0 fully saturated rings. The molecule has 168 valence electrons. The summed E-state index contributed by atoms with van der Waals surface area (Å²) < 4.78 is 5.16. The van der Waals surface area contributed by atoms with Crippen molar-refractivity contribution in [2.75, 3.05) is 0 Å². The van der Waals surface area contributed by atoms with Crippen molar-refractivity contribution < 1.29 is 0 Å². The van der Waals surface area contributed by atoms with Crippen LogP contribution < -0.4 is 0 Å². The summed E-state index contributed by atoms with van der Waals surface area (Å²) in [6.07, 6.45) is 0. The van der Waals surface area contributed by atoms with Gasteiger partial charge in [0.15, 0.2) is 0 Å². The number of para-hydroxylation sites is 2. The average molecular weight is 476 g/mol. The third kappa shape index (κ3) is 2.71. The molecule has 0 atom stereocenters. The molecule has 0 aliphatic carbocycles. The second-order valence-corrected chi connectivity index (χ2v) is 10.4. The summed E-state index contributed by atoms with van der Waals surface area (Å²) in [7, 11) is 0. The molecule has 8 aromatic rings. The summed E-state index contributed by atoms with van der Waals surface area (Å²) in [4.78, 5) is 0. The first-order valence-corrected chi connectivity index (χ1v) is 13.1. The highest BCUT2D eigenvalue weighted by Gasteiger charge is 2.21. The van der Waals surface area contributed by atoms with Gasteiger partial charge < -0.3 is 4.57 Å². The molecule has 0 aliphatic heterocycles. The molecule has 36 heavy (non-hydrogen) atoms. The fraction of sp³-hybridized carbons (Fsp3) is 0. The number of thiophene rings is 1. The number of nitrogens with zero attached hydrogens (tertiary/aromatic N) is 1. The Morgan fingerprint density at radius 2 is 1.14 bits per heavy atom. The van der Waals surface area contributed by atoms with Gasteiger partial charge in [-0.25, -0.2) is 0 Å². The molecule has 2 aromatic heterocycles. The molecule has 0 N–H and O–H groups in total. The summed E-state index contributed by atoms with van der Waals surface area (Å²) >= 11 is 1.91. The first kappa shape index (κ1) is 19.9. The monoisotopic (exact) mass is 475 g/mol.